The number of carbonyl (C=O) groups is 1. The second-order valence-corrected chi connectivity index (χ2v) is 5.71. The number of benzene rings is 1. The van der Waals surface area contributed by atoms with Crippen molar-refractivity contribution in [3.8, 4) is 11.5 Å². The Morgan fingerprint density at radius 3 is 3.04 bits per heavy atom. The van der Waals surface area contributed by atoms with Gasteiger partial charge < -0.3 is 20.1 Å². The first-order valence-corrected chi connectivity index (χ1v) is 7.93. The van der Waals surface area contributed by atoms with Gasteiger partial charge in [-0.1, -0.05) is 12.1 Å². The molecule has 3 aromatic rings. The number of carbonyl (C=O) groups excluding carboxylic acids is 1. The summed E-state index contributed by atoms with van der Waals surface area (Å²) in [6.07, 6.45) is 1.86. The van der Waals surface area contributed by atoms with Gasteiger partial charge in [0, 0.05) is 6.20 Å². The van der Waals surface area contributed by atoms with Gasteiger partial charge in [0.2, 0.25) is 6.79 Å². The van der Waals surface area contributed by atoms with Gasteiger partial charge in [0.25, 0.3) is 0 Å². The first-order valence-electron chi connectivity index (χ1n) is 7.93. The molecule has 1 atom stereocenters. The quantitative estimate of drug-likeness (QED) is 0.759. The van der Waals surface area contributed by atoms with Crippen LogP contribution in [-0.2, 0) is 6.54 Å². The van der Waals surface area contributed by atoms with Crippen LogP contribution in [0.5, 0.6) is 11.5 Å². The van der Waals surface area contributed by atoms with Crippen LogP contribution in [0, 0.1) is 0 Å². The summed E-state index contributed by atoms with van der Waals surface area (Å²) >= 11 is 0. The van der Waals surface area contributed by atoms with Crippen molar-refractivity contribution in [2.75, 3.05) is 6.79 Å². The smallest absolute Gasteiger partial charge is 0.315 e. The van der Waals surface area contributed by atoms with E-state index in [1.165, 1.54) is 0 Å². The van der Waals surface area contributed by atoms with Crippen LogP contribution in [0.1, 0.15) is 24.4 Å². The fraction of sp³-hybridized carbons (Fsp3) is 0.235. The third kappa shape index (κ3) is 3.06. The summed E-state index contributed by atoms with van der Waals surface area (Å²) in [5.74, 6) is 2.09. The second kappa shape index (κ2) is 6.31. The first-order chi connectivity index (χ1) is 12.2. The Hall–Kier alpha value is -3.29. The van der Waals surface area contributed by atoms with Crippen LogP contribution in [0.25, 0.3) is 5.65 Å². The number of nitrogens with zero attached hydrogens (tertiary/aromatic N) is 3. The van der Waals surface area contributed by atoms with Crippen molar-refractivity contribution in [2.24, 2.45) is 0 Å². The molecule has 4 rings (SSSR count). The fourth-order valence-corrected chi connectivity index (χ4v) is 2.68. The third-order valence-corrected chi connectivity index (χ3v) is 4.04. The second-order valence-electron chi connectivity index (χ2n) is 5.71. The normalized spacial score (nSPS) is 13.6. The predicted octanol–water partition coefficient (Wildman–Crippen LogP) is 2.02. The summed E-state index contributed by atoms with van der Waals surface area (Å²) in [5.41, 5.74) is 1.68. The van der Waals surface area contributed by atoms with E-state index in [0.717, 1.165) is 17.0 Å². The average Bonchev–Trinajstić information content (AvgIpc) is 3.26. The van der Waals surface area contributed by atoms with Crippen LogP contribution < -0.4 is 20.1 Å². The van der Waals surface area contributed by atoms with Crippen molar-refractivity contribution in [3.05, 3.63) is 54.0 Å². The molecule has 2 aromatic heterocycles. The van der Waals surface area contributed by atoms with Gasteiger partial charge in [-0.15, -0.1) is 10.2 Å². The zero-order valence-corrected chi connectivity index (χ0v) is 13.6. The summed E-state index contributed by atoms with van der Waals surface area (Å²) in [7, 11) is 0. The van der Waals surface area contributed by atoms with Gasteiger partial charge in [0.05, 0.1) is 12.6 Å². The minimum absolute atomic E-state index is 0.176. The van der Waals surface area contributed by atoms with Crippen molar-refractivity contribution in [2.45, 2.75) is 19.5 Å². The molecule has 0 saturated heterocycles. The van der Waals surface area contributed by atoms with Crippen molar-refractivity contribution in [1.29, 1.82) is 0 Å². The molecule has 0 radical (unpaired) electrons. The Bertz CT molecular complexity index is 924. The van der Waals surface area contributed by atoms with E-state index in [-0.39, 0.29) is 25.4 Å². The van der Waals surface area contributed by atoms with E-state index in [0.29, 0.717) is 11.6 Å². The Labute approximate surface area is 143 Å². The molecule has 1 aromatic carbocycles. The van der Waals surface area contributed by atoms with Crippen molar-refractivity contribution >= 4 is 11.7 Å². The van der Waals surface area contributed by atoms with E-state index >= 15 is 0 Å². The number of hydrogen-bond donors (Lipinski definition) is 2. The molecule has 0 fully saturated rings. The van der Waals surface area contributed by atoms with Crippen LogP contribution in [0.3, 0.4) is 0 Å². The highest BCUT2D eigenvalue weighted by Crippen LogP contribution is 2.34. The molecule has 0 saturated carbocycles. The minimum Gasteiger partial charge on any atom is -0.454 e. The van der Waals surface area contributed by atoms with Crippen LogP contribution in [0.2, 0.25) is 0 Å². The lowest BCUT2D eigenvalue weighted by Crippen LogP contribution is -2.37. The topological polar surface area (TPSA) is 89.8 Å². The number of urea groups is 1. The van der Waals surface area contributed by atoms with E-state index in [9.17, 15) is 4.79 Å². The number of nitrogens with one attached hydrogen (secondary N) is 2. The number of aromatic nitrogens is 3. The number of amides is 2. The SMILES string of the molecule is CC(NC(=O)NCc1nnc2ccccn12)c1ccc2c(c1)OCO2. The zero-order chi connectivity index (χ0) is 17.2. The maximum atomic E-state index is 12.2. The molecule has 128 valence electrons. The van der Waals surface area contributed by atoms with Crippen molar-refractivity contribution < 1.29 is 14.3 Å². The zero-order valence-electron chi connectivity index (χ0n) is 13.6. The number of fused-ring (bicyclic) bond motifs is 2. The highest BCUT2D eigenvalue weighted by atomic mass is 16.7. The predicted molar refractivity (Wildman–Crippen MR) is 89.3 cm³/mol. The van der Waals surface area contributed by atoms with Crippen molar-refractivity contribution in [3.63, 3.8) is 0 Å². The van der Waals surface area contributed by atoms with Gasteiger partial charge in [-0.25, -0.2) is 4.79 Å². The number of pyridine rings is 1. The van der Waals surface area contributed by atoms with Gasteiger partial charge in [-0.2, -0.15) is 0 Å². The molecule has 0 spiro atoms. The molecule has 0 bridgehead atoms. The standard InChI is InChI=1S/C17H17N5O3/c1-11(12-5-6-13-14(8-12)25-10-24-13)19-17(23)18-9-16-21-20-15-4-2-3-7-22(15)16/h2-8,11H,9-10H2,1H3,(H2,18,19,23). The molecule has 1 unspecified atom stereocenters. The monoisotopic (exact) mass is 339 g/mol. The minimum atomic E-state index is -0.280. The molecule has 8 heteroatoms. The Morgan fingerprint density at radius 1 is 1.24 bits per heavy atom. The molecule has 25 heavy (non-hydrogen) atoms. The van der Waals surface area contributed by atoms with Gasteiger partial charge in [0.15, 0.2) is 23.0 Å². The Morgan fingerprint density at radius 2 is 2.12 bits per heavy atom. The molecule has 1 aliphatic rings. The van der Waals surface area contributed by atoms with Crippen molar-refractivity contribution in [1.82, 2.24) is 25.2 Å². The summed E-state index contributed by atoms with van der Waals surface area (Å²) in [5, 5.41) is 13.8. The van der Waals surface area contributed by atoms with Crippen LogP contribution in [0.15, 0.2) is 42.6 Å². The van der Waals surface area contributed by atoms with E-state index in [2.05, 4.69) is 20.8 Å². The summed E-state index contributed by atoms with van der Waals surface area (Å²) in [4.78, 5) is 12.2. The molecular formula is C17H17N5O3. The maximum Gasteiger partial charge on any atom is 0.315 e. The summed E-state index contributed by atoms with van der Waals surface area (Å²) in [6.45, 7) is 2.42. The van der Waals surface area contributed by atoms with Crippen LogP contribution in [0.4, 0.5) is 4.79 Å². The lowest BCUT2D eigenvalue weighted by Gasteiger charge is -2.15. The van der Waals surface area contributed by atoms with E-state index < -0.39 is 0 Å². The fourth-order valence-electron chi connectivity index (χ4n) is 2.68. The molecule has 0 aliphatic carbocycles. The summed E-state index contributed by atoms with van der Waals surface area (Å²) in [6, 6.07) is 10.8. The van der Waals surface area contributed by atoms with E-state index in [1.807, 2.05) is 53.9 Å². The molecule has 8 nitrogen and oxygen atoms in total. The molecule has 2 N–H and O–H groups in total. The van der Waals surface area contributed by atoms with Gasteiger partial charge >= 0.3 is 6.03 Å². The lowest BCUT2D eigenvalue weighted by molar-refractivity contribution is 0.174. The highest BCUT2D eigenvalue weighted by Gasteiger charge is 2.17. The summed E-state index contributed by atoms with van der Waals surface area (Å²) < 4.78 is 12.5. The average molecular weight is 339 g/mol. The van der Waals surface area contributed by atoms with Gasteiger partial charge in [-0.3, -0.25) is 4.40 Å². The first kappa shape index (κ1) is 15.3. The largest absolute Gasteiger partial charge is 0.454 e. The van der Waals surface area contributed by atoms with Gasteiger partial charge in [-0.05, 0) is 36.8 Å². The molecule has 2 amide bonds. The highest BCUT2D eigenvalue weighted by molar-refractivity contribution is 5.74. The van der Waals surface area contributed by atoms with E-state index in [1.54, 1.807) is 0 Å². The van der Waals surface area contributed by atoms with Crippen LogP contribution in [-0.4, -0.2) is 27.4 Å². The number of ether oxygens (including phenoxy) is 2. The van der Waals surface area contributed by atoms with E-state index in [4.69, 9.17) is 9.47 Å². The molecule has 1 aliphatic heterocycles. The maximum absolute atomic E-state index is 12.2. The Balaban J connectivity index is 1.37. The van der Waals surface area contributed by atoms with Gasteiger partial charge in [0.1, 0.15) is 0 Å². The molecular weight excluding hydrogens is 322 g/mol. The third-order valence-electron chi connectivity index (χ3n) is 4.04. The number of hydrogen-bond acceptors (Lipinski definition) is 5. The lowest BCUT2D eigenvalue weighted by atomic mass is 10.1. The van der Waals surface area contributed by atoms with Crippen LogP contribution >= 0.6 is 0 Å². The Kier molecular flexibility index (Phi) is 3.85. The molecule has 3 heterocycles. The number of rotatable bonds is 4.